The molecule has 0 amide bonds. The van der Waals surface area contributed by atoms with E-state index in [0.29, 0.717) is 15.2 Å². The largest absolute Gasteiger partial charge is 0.225 e. The van der Waals surface area contributed by atoms with Crippen LogP contribution in [0.15, 0.2) is 17.0 Å². The van der Waals surface area contributed by atoms with Gasteiger partial charge in [-0.2, -0.15) is 0 Å². The molecule has 0 aliphatic rings. The van der Waals surface area contributed by atoms with E-state index in [0.717, 1.165) is 0 Å². The summed E-state index contributed by atoms with van der Waals surface area (Å²) in [6.45, 7) is 0. The van der Waals surface area contributed by atoms with Gasteiger partial charge in [-0.25, -0.2) is 15.0 Å². The fourth-order valence-corrected chi connectivity index (χ4v) is 1.49. The van der Waals surface area contributed by atoms with Gasteiger partial charge in [-0.05, 0) is 0 Å². The fourth-order valence-electron chi connectivity index (χ4n) is 0.655. The van der Waals surface area contributed by atoms with E-state index in [1.807, 2.05) is 0 Å². The summed E-state index contributed by atoms with van der Waals surface area (Å²) in [4.78, 5) is 11.5. The lowest BCUT2D eigenvalue weighted by Crippen LogP contribution is -1.87. The van der Waals surface area contributed by atoms with Crippen LogP contribution >= 0.6 is 24.0 Å². The summed E-state index contributed by atoms with van der Waals surface area (Å²) >= 11 is 5.36. The molecule has 5 nitrogen and oxygen atoms in total. The van der Waals surface area contributed by atoms with Gasteiger partial charge in [0.1, 0.15) is 12.7 Å². The molecule has 0 fully saturated rings. The van der Waals surface area contributed by atoms with Crippen molar-refractivity contribution in [2.45, 2.75) is 4.34 Å². The quantitative estimate of drug-likeness (QED) is 0.681. The SMILES string of the molecule is Sc1nnc(-c2ncncn2)s1. The Morgan fingerprint density at radius 3 is 2.50 bits per heavy atom. The van der Waals surface area contributed by atoms with E-state index in [2.05, 4.69) is 37.8 Å². The van der Waals surface area contributed by atoms with Crippen molar-refractivity contribution in [3.63, 3.8) is 0 Å². The van der Waals surface area contributed by atoms with Gasteiger partial charge in [0.05, 0.1) is 0 Å². The van der Waals surface area contributed by atoms with Crippen molar-refractivity contribution in [1.82, 2.24) is 25.1 Å². The first-order valence-electron chi connectivity index (χ1n) is 3.01. The van der Waals surface area contributed by atoms with Crippen molar-refractivity contribution in [3.8, 4) is 10.8 Å². The smallest absolute Gasteiger partial charge is 0.193 e. The molecule has 12 heavy (non-hydrogen) atoms. The summed E-state index contributed by atoms with van der Waals surface area (Å²) in [6, 6.07) is 0. The predicted octanol–water partition coefficient (Wildman–Crippen LogP) is 0.679. The van der Waals surface area contributed by atoms with Crippen molar-refractivity contribution in [3.05, 3.63) is 12.7 Å². The van der Waals surface area contributed by atoms with Crippen LogP contribution in [-0.4, -0.2) is 25.1 Å². The first-order valence-corrected chi connectivity index (χ1v) is 4.27. The van der Waals surface area contributed by atoms with Crippen LogP contribution in [-0.2, 0) is 0 Å². The second kappa shape index (κ2) is 3.11. The Kier molecular flexibility index (Phi) is 1.96. The van der Waals surface area contributed by atoms with E-state index in [9.17, 15) is 0 Å². The number of hydrogen-bond acceptors (Lipinski definition) is 7. The van der Waals surface area contributed by atoms with Crippen LogP contribution < -0.4 is 0 Å². The number of nitrogens with zero attached hydrogens (tertiary/aromatic N) is 5. The average Bonchev–Trinajstić information content (AvgIpc) is 2.54. The maximum absolute atomic E-state index is 4.03. The molecule has 0 aliphatic heterocycles. The zero-order chi connectivity index (χ0) is 8.39. The highest BCUT2D eigenvalue weighted by Gasteiger charge is 2.05. The normalized spacial score (nSPS) is 10.1. The van der Waals surface area contributed by atoms with Gasteiger partial charge < -0.3 is 0 Å². The second-order valence-corrected chi connectivity index (χ2v) is 3.56. The summed E-state index contributed by atoms with van der Waals surface area (Å²) < 4.78 is 0.602. The van der Waals surface area contributed by atoms with Crippen molar-refractivity contribution in [2.75, 3.05) is 0 Å². The third-order valence-electron chi connectivity index (χ3n) is 1.10. The molecule has 0 spiro atoms. The van der Waals surface area contributed by atoms with Gasteiger partial charge in [0, 0.05) is 0 Å². The third-order valence-corrected chi connectivity index (χ3v) is 2.18. The zero-order valence-electron chi connectivity index (χ0n) is 5.75. The highest BCUT2D eigenvalue weighted by molar-refractivity contribution is 7.82. The molecule has 2 heterocycles. The Hall–Kier alpha value is -1.08. The minimum atomic E-state index is 0.530. The lowest BCUT2D eigenvalue weighted by Gasteiger charge is -1.87. The van der Waals surface area contributed by atoms with Crippen LogP contribution in [0.3, 0.4) is 0 Å². The predicted molar refractivity (Wildman–Crippen MR) is 46.0 cm³/mol. The van der Waals surface area contributed by atoms with E-state index >= 15 is 0 Å². The van der Waals surface area contributed by atoms with Gasteiger partial charge >= 0.3 is 0 Å². The Morgan fingerprint density at radius 2 is 1.92 bits per heavy atom. The van der Waals surface area contributed by atoms with Gasteiger partial charge in [0.25, 0.3) is 0 Å². The monoisotopic (exact) mass is 197 g/mol. The molecule has 0 unspecified atom stereocenters. The zero-order valence-corrected chi connectivity index (χ0v) is 7.46. The molecular weight excluding hydrogens is 194 g/mol. The lowest BCUT2D eigenvalue weighted by atomic mass is 10.6. The van der Waals surface area contributed by atoms with Crippen LogP contribution in [0.1, 0.15) is 0 Å². The summed E-state index contributed by atoms with van der Waals surface area (Å²) in [6.07, 6.45) is 2.84. The summed E-state index contributed by atoms with van der Waals surface area (Å²) in [7, 11) is 0. The van der Waals surface area contributed by atoms with Crippen LogP contribution in [0.5, 0.6) is 0 Å². The van der Waals surface area contributed by atoms with Crippen molar-refractivity contribution < 1.29 is 0 Å². The molecule has 0 atom stereocenters. The highest BCUT2D eigenvalue weighted by Crippen LogP contribution is 2.20. The van der Waals surface area contributed by atoms with Crippen LogP contribution in [0, 0.1) is 0 Å². The average molecular weight is 197 g/mol. The second-order valence-electron chi connectivity index (χ2n) is 1.85. The molecule has 2 rings (SSSR count). The lowest BCUT2D eigenvalue weighted by molar-refractivity contribution is 0.990. The van der Waals surface area contributed by atoms with Crippen LogP contribution in [0.2, 0.25) is 0 Å². The Morgan fingerprint density at radius 1 is 1.17 bits per heavy atom. The van der Waals surface area contributed by atoms with Crippen LogP contribution in [0.4, 0.5) is 0 Å². The van der Waals surface area contributed by atoms with Crippen LogP contribution in [0.25, 0.3) is 10.8 Å². The van der Waals surface area contributed by atoms with E-state index in [4.69, 9.17) is 0 Å². The summed E-state index contributed by atoms with van der Waals surface area (Å²) in [5.41, 5.74) is 0. The van der Waals surface area contributed by atoms with Gasteiger partial charge in [-0.15, -0.1) is 22.8 Å². The number of rotatable bonds is 1. The molecule has 0 bridgehead atoms. The molecule has 60 valence electrons. The van der Waals surface area contributed by atoms with Gasteiger partial charge in [0.15, 0.2) is 15.2 Å². The highest BCUT2D eigenvalue weighted by atomic mass is 32.2. The molecule has 0 aromatic carbocycles. The number of thiol groups is 1. The summed E-state index contributed by atoms with van der Waals surface area (Å²) in [5, 5.41) is 8.21. The molecule has 0 saturated heterocycles. The van der Waals surface area contributed by atoms with Gasteiger partial charge in [0.2, 0.25) is 0 Å². The first-order chi connectivity index (χ1) is 5.86. The van der Waals surface area contributed by atoms with E-state index < -0.39 is 0 Å². The standard InChI is InChI=1S/C5H3N5S2/c11-5-10-9-4(12-5)3-7-1-6-2-8-3/h1-2H,(H,10,11). The Labute approximate surface area is 77.4 Å². The molecule has 2 aromatic heterocycles. The first kappa shape index (κ1) is 7.56. The molecule has 0 N–H and O–H groups in total. The Balaban J connectivity index is 2.45. The van der Waals surface area contributed by atoms with Crippen molar-refractivity contribution in [1.29, 1.82) is 0 Å². The summed E-state index contributed by atoms with van der Waals surface area (Å²) in [5.74, 6) is 0.530. The topological polar surface area (TPSA) is 64.5 Å². The minimum absolute atomic E-state index is 0.530. The van der Waals surface area contributed by atoms with E-state index in [1.54, 1.807) is 0 Å². The molecule has 0 radical (unpaired) electrons. The molecule has 0 saturated carbocycles. The Bertz CT molecular complexity index is 372. The maximum atomic E-state index is 4.03. The van der Waals surface area contributed by atoms with Crippen molar-refractivity contribution in [2.24, 2.45) is 0 Å². The number of hydrogen-bond donors (Lipinski definition) is 1. The molecule has 2 aromatic rings. The van der Waals surface area contributed by atoms with Gasteiger partial charge in [-0.3, -0.25) is 0 Å². The molecule has 0 aliphatic carbocycles. The fraction of sp³-hybridized carbons (Fsp3) is 0. The number of aromatic nitrogens is 5. The molecular formula is C5H3N5S2. The maximum Gasteiger partial charge on any atom is 0.193 e. The molecule has 7 heteroatoms. The third kappa shape index (κ3) is 1.41. The van der Waals surface area contributed by atoms with E-state index in [-0.39, 0.29) is 0 Å². The van der Waals surface area contributed by atoms with Crippen molar-refractivity contribution >= 4 is 24.0 Å². The minimum Gasteiger partial charge on any atom is -0.225 e. The van der Waals surface area contributed by atoms with E-state index in [1.165, 1.54) is 24.0 Å². The van der Waals surface area contributed by atoms with Gasteiger partial charge in [-0.1, -0.05) is 11.3 Å².